The van der Waals surface area contributed by atoms with Crippen molar-refractivity contribution in [3.05, 3.63) is 35.4 Å². The van der Waals surface area contributed by atoms with E-state index in [0.29, 0.717) is 44.3 Å². The zero-order chi connectivity index (χ0) is 18.5. The number of benzene rings is 1. The van der Waals surface area contributed by atoms with E-state index in [1.54, 1.807) is 0 Å². The number of carbonyl (C=O) groups excluding carboxylic acids is 1. The molecular weight excluding hydrogens is 342 g/mol. The van der Waals surface area contributed by atoms with Gasteiger partial charge in [0.15, 0.2) is 0 Å². The van der Waals surface area contributed by atoms with Gasteiger partial charge in [-0.05, 0) is 36.5 Å². The molecule has 6 nitrogen and oxygen atoms in total. The van der Waals surface area contributed by atoms with Gasteiger partial charge in [-0.15, -0.1) is 0 Å². The number of carbonyl (C=O) groups is 1. The summed E-state index contributed by atoms with van der Waals surface area (Å²) in [5.74, 6) is 0.742. The Morgan fingerprint density at radius 1 is 1.19 bits per heavy atom. The molecule has 2 saturated heterocycles. The summed E-state index contributed by atoms with van der Waals surface area (Å²) in [7, 11) is 0. The molecular formula is C21H31N3O3. The van der Waals surface area contributed by atoms with Crippen LogP contribution in [0.4, 0.5) is 0 Å². The lowest BCUT2D eigenvalue weighted by Gasteiger charge is -2.33. The van der Waals surface area contributed by atoms with Gasteiger partial charge in [0.2, 0.25) is 0 Å². The predicted octanol–water partition coefficient (Wildman–Crippen LogP) is 1.41. The summed E-state index contributed by atoms with van der Waals surface area (Å²) in [6.45, 7) is 6.04. The standard InChI is InChI=1S/C21H31N3O3/c25-21(24-8-11-26-12-9-24)17-4-1-3-16(13-17)14-23-19-6-2-5-18(19)20-15-27-10-7-22-20/h1,3-4,13,18-20,22-23H,2,5-12,14-15H2. The fourth-order valence-corrected chi connectivity index (χ4v) is 4.60. The van der Waals surface area contributed by atoms with Crippen LogP contribution in [0.5, 0.6) is 0 Å². The van der Waals surface area contributed by atoms with Crippen molar-refractivity contribution in [2.24, 2.45) is 5.92 Å². The highest BCUT2D eigenvalue weighted by Crippen LogP contribution is 2.29. The Morgan fingerprint density at radius 2 is 2.07 bits per heavy atom. The van der Waals surface area contributed by atoms with E-state index < -0.39 is 0 Å². The van der Waals surface area contributed by atoms with Crippen molar-refractivity contribution < 1.29 is 14.3 Å². The maximum Gasteiger partial charge on any atom is 0.254 e. The first-order valence-electron chi connectivity index (χ1n) is 10.3. The zero-order valence-corrected chi connectivity index (χ0v) is 16.0. The van der Waals surface area contributed by atoms with Crippen LogP contribution in [0.25, 0.3) is 0 Å². The van der Waals surface area contributed by atoms with Crippen LogP contribution in [0.3, 0.4) is 0 Å². The Hall–Kier alpha value is -1.47. The second kappa shape index (κ2) is 9.15. The molecule has 0 spiro atoms. The van der Waals surface area contributed by atoms with Gasteiger partial charge >= 0.3 is 0 Å². The number of morpholine rings is 2. The number of rotatable bonds is 5. The van der Waals surface area contributed by atoms with Gasteiger partial charge < -0.3 is 25.0 Å². The van der Waals surface area contributed by atoms with Gasteiger partial charge in [-0.25, -0.2) is 0 Å². The van der Waals surface area contributed by atoms with E-state index in [2.05, 4.69) is 16.7 Å². The molecule has 27 heavy (non-hydrogen) atoms. The third-order valence-electron chi connectivity index (χ3n) is 6.08. The number of hydrogen-bond donors (Lipinski definition) is 2. The smallest absolute Gasteiger partial charge is 0.254 e. The van der Waals surface area contributed by atoms with Gasteiger partial charge in [-0.2, -0.15) is 0 Å². The molecule has 2 N–H and O–H groups in total. The van der Waals surface area contributed by atoms with Crippen molar-refractivity contribution in [1.29, 1.82) is 0 Å². The number of hydrogen-bond acceptors (Lipinski definition) is 5. The molecule has 4 rings (SSSR count). The lowest BCUT2D eigenvalue weighted by molar-refractivity contribution is 0.0303. The molecule has 2 aliphatic heterocycles. The van der Waals surface area contributed by atoms with Crippen molar-refractivity contribution in [3.8, 4) is 0 Å². The first kappa shape index (κ1) is 18.9. The Morgan fingerprint density at radius 3 is 2.89 bits per heavy atom. The summed E-state index contributed by atoms with van der Waals surface area (Å²) >= 11 is 0. The molecule has 6 heteroatoms. The highest BCUT2D eigenvalue weighted by molar-refractivity contribution is 5.94. The van der Waals surface area contributed by atoms with Crippen LogP contribution in [0, 0.1) is 5.92 Å². The molecule has 3 unspecified atom stereocenters. The SMILES string of the molecule is O=C(c1cccc(CNC2CCCC2C2COCCN2)c1)N1CCOCC1. The van der Waals surface area contributed by atoms with Crippen LogP contribution in [-0.2, 0) is 16.0 Å². The minimum Gasteiger partial charge on any atom is -0.379 e. The summed E-state index contributed by atoms with van der Waals surface area (Å²) < 4.78 is 11.0. The average Bonchev–Trinajstić information content (AvgIpc) is 3.22. The van der Waals surface area contributed by atoms with E-state index in [1.165, 1.54) is 24.8 Å². The molecule has 0 radical (unpaired) electrons. The van der Waals surface area contributed by atoms with E-state index in [9.17, 15) is 4.79 Å². The molecule has 148 valence electrons. The Balaban J connectivity index is 1.34. The van der Waals surface area contributed by atoms with E-state index in [4.69, 9.17) is 9.47 Å². The quantitative estimate of drug-likeness (QED) is 0.817. The largest absolute Gasteiger partial charge is 0.379 e. The third kappa shape index (κ3) is 4.69. The van der Waals surface area contributed by atoms with Gasteiger partial charge in [0.1, 0.15) is 0 Å². The molecule has 1 aromatic rings. The molecule has 0 bridgehead atoms. The van der Waals surface area contributed by atoms with Gasteiger partial charge in [-0.3, -0.25) is 4.79 Å². The monoisotopic (exact) mass is 373 g/mol. The van der Waals surface area contributed by atoms with Crippen molar-refractivity contribution in [1.82, 2.24) is 15.5 Å². The second-order valence-corrected chi connectivity index (χ2v) is 7.82. The van der Waals surface area contributed by atoms with Gasteiger partial charge in [0, 0.05) is 43.8 Å². The zero-order valence-electron chi connectivity index (χ0n) is 16.0. The molecule has 0 aromatic heterocycles. The van der Waals surface area contributed by atoms with Crippen LogP contribution < -0.4 is 10.6 Å². The Labute approximate surface area is 161 Å². The molecule has 1 aromatic carbocycles. The number of nitrogens with one attached hydrogen (secondary N) is 2. The van der Waals surface area contributed by atoms with Crippen molar-refractivity contribution in [3.63, 3.8) is 0 Å². The Kier molecular flexibility index (Phi) is 6.39. The fourth-order valence-electron chi connectivity index (χ4n) is 4.60. The first-order valence-corrected chi connectivity index (χ1v) is 10.3. The molecule has 3 aliphatic rings. The third-order valence-corrected chi connectivity index (χ3v) is 6.08. The summed E-state index contributed by atoms with van der Waals surface area (Å²) in [5.41, 5.74) is 1.95. The van der Waals surface area contributed by atoms with Crippen LogP contribution >= 0.6 is 0 Å². The maximum atomic E-state index is 12.7. The topological polar surface area (TPSA) is 62.8 Å². The lowest BCUT2D eigenvalue weighted by Crippen LogP contribution is -2.50. The van der Waals surface area contributed by atoms with Crippen LogP contribution in [-0.4, -0.2) is 69.0 Å². The van der Waals surface area contributed by atoms with Gasteiger partial charge in [0.05, 0.1) is 26.4 Å². The summed E-state index contributed by atoms with van der Waals surface area (Å²) in [6.07, 6.45) is 3.75. The van der Waals surface area contributed by atoms with E-state index in [0.717, 1.165) is 31.9 Å². The number of nitrogens with zero attached hydrogens (tertiary/aromatic N) is 1. The lowest BCUT2D eigenvalue weighted by atomic mass is 9.94. The van der Waals surface area contributed by atoms with Crippen molar-refractivity contribution in [2.45, 2.75) is 37.9 Å². The van der Waals surface area contributed by atoms with Crippen molar-refractivity contribution >= 4 is 5.91 Å². The molecule has 1 saturated carbocycles. The van der Waals surface area contributed by atoms with Crippen molar-refractivity contribution in [2.75, 3.05) is 46.1 Å². The highest BCUT2D eigenvalue weighted by atomic mass is 16.5. The molecule has 1 amide bonds. The maximum absolute atomic E-state index is 12.7. The van der Waals surface area contributed by atoms with Gasteiger partial charge in [0.25, 0.3) is 5.91 Å². The highest BCUT2D eigenvalue weighted by Gasteiger charge is 2.34. The second-order valence-electron chi connectivity index (χ2n) is 7.82. The molecule has 3 fully saturated rings. The normalized spacial score (nSPS) is 29.0. The molecule has 1 aliphatic carbocycles. The predicted molar refractivity (Wildman–Crippen MR) is 104 cm³/mol. The molecule has 3 atom stereocenters. The summed E-state index contributed by atoms with van der Waals surface area (Å²) in [5, 5.41) is 7.37. The van der Waals surface area contributed by atoms with Crippen LogP contribution in [0.15, 0.2) is 24.3 Å². The summed E-state index contributed by atoms with van der Waals surface area (Å²) in [6, 6.07) is 9.04. The fraction of sp³-hybridized carbons (Fsp3) is 0.667. The first-order chi connectivity index (χ1) is 13.3. The van der Waals surface area contributed by atoms with E-state index in [-0.39, 0.29) is 5.91 Å². The van der Waals surface area contributed by atoms with Gasteiger partial charge in [-0.1, -0.05) is 18.6 Å². The van der Waals surface area contributed by atoms with Crippen LogP contribution in [0.2, 0.25) is 0 Å². The van der Waals surface area contributed by atoms with E-state index in [1.807, 2.05) is 23.1 Å². The molecule has 2 heterocycles. The Bertz CT molecular complexity index is 627. The number of ether oxygens (including phenoxy) is 2. The average molecular weight is 373 g/mol. The number of amides is 1. The minimum atomic E-state index is 0.113. The van der Waals surface area contributed by atoms with E-state index >= 15 is 0 Å². The minimum absolute atomic E-state index is 0.113. The summed E-state index contributed by atoms with van der Waals surface area (Å²) in [4.78, 5) is 14.6. The van der Waals surface area contributed by atoms with Crippen LogP contribution in [0.1, 0.15) is 35.2 Å².